The van der Waals surface area contributed by atoms with E-state index in [0.717, 1.165) is 11.3 Å². The van der Waals surface area contributed by atoms with Crippen molar-refractivity contribution >= 4 is 23.6 Å². The van der Waals surface area contributed by atoms with Gasteiger partial charge in [-0.1, -0.05) is 24.8 Å². The Labute approximate surface area is 181 Å². The lowest BCUT2D eigenvalue weighted by atomic mass is 10.2. The highest BCUT2D eigenvalue weighted by Gasteiger charge is 2.21. The molecule has 1 saturated heterocycles. The van der Waals surface area contributed by atoms with E-state index in [4.69, 9.17) is 4.74 Å². The number of carbonyl (C=O) groups is 2. The SMILES string of the molecule is C=CCOc1ccc(/C=C/C(=O)N2CCN(CC(=O)Nc3ccc(F)cc3)CC2)cc1. The fourth-order valence-corrected chi connectivity index (χ4v) is 3.17. The number of hydrogen-bond donors (Lipinski definition) is 1. The van der Waals surface area contributed by atoms with E-state index in [9.17, 15) is 14.0 Å². The highest BCUT2D eigenvalue weighted by atomic mass is 19.1. The number of halogens is 1. The van der Waals surface area contributed by atoms with E-state index >= 15 is 0 Å². The summed E-state index contributed by atoms with van der Waals surface area (Å²) in [5, 5.41) is 2.75. The summed E-state index contributed by atoms with van der Waals surface area (Å²) < 4.78 is 18.4. The van der Waals surface area contributed by atoms with Crippen molar-refractivity contribution in [3.05, 3.63) is 78.6 Å². The summed E-state index contributed by atoms with van der Waals surface area (Å²) >= 11 is 0. The number of rotatable bonds is 8. The second-order valence-corrected chi connectivity index (χ2v) is 7.16. The number of amides is 2. The van der Waals surface area contributed by atoms with Gasteiger partial charge in [-0.25, -0.2) is 4.39 Å². The van der Waals surface area contributed by atoms with Crippen LogP contribution >= 0.6 is 0 Å². The first-order chi connectivity index (χ1) is 15.0. The molecule has 1 fully saturated rings. The third-order valence-corrected chi connectivity index (χ3v) is 4.85. The summed E-state index contributed by atoms with van der Waals surface area (Å²) in [5.41, 5.74) is 1.47. The molecule has 0 radical (unpaired) electrons. The van der Waals surface area contributed by atoms with Crippen LogP contribution in [0.5, 0.6) is 5.75 Å². The van der Waals surface area contributed by atoms with Gasteiger partial charge in [0.2, 0.25) is 11.8 Å². The molecule has 1 aliphatic rings. The maximum atomic E-state index is 12.9. The highest BCUT2D eigenvalue weighted by Crippen LogP contribution is 2.14. The van der Waals surface area contributed by atoms with Crippen molar-refractivity contribution in [3.8, 4) is 5.75 Å². The Kier molecular flexibility index (Phi) is 7.95. The Bertz CT molecular complexity index is 918. The normalized spacial score (nSPS) is 14.4. The number of hydrogen-bond acceptors (Lipinski definition) is 4. The number of benzene rings is 2. The summed E-state index contributed by atoms with van der Waals surface area (Å²) in [5.74, 6) is 0.194. The van der Waals surface area contributed by atoms with Gasteiger partial charge in [-0.3, -0.25) is 14.5 Å². The van der Waals surface area contributed by atoms with Crippen molar-refractivity contribution in [2.24, 2.45) is 0 Å². The van der Waals surface area contributed by atoms with Crippen molar-refractivity contribution in [1.82, 2.24) is 9.80 Å². The molecule has 0 spiro atoms. The highest BCUT2D eigenvalue weighted by molar-refractivity contribution is 5.93. The first-order valence-electron chi connectivity index (χ1n) is 10.1. The van der Waals surface area contributed by atoms with Gasteiger partial charge in [0.25, 0.3) is 0 Å². The zero-order chi connectivity index (χ0) is 22.1. The molecule has 2 aromatic rings. The average molecular weight is 423 g/mol. The summed E-state index contributed by atoms with van der Waals surface area (Å²) in [6.07, 6.45) is 5.03. The van der Waals surface area contributed by atoms with Gasteiger partial charge < -0.3 is 15.0 Å². The second-order valence-electron chi connectivity index (χ2n) is 7.16. The molecule has 0 atom stereocenters. The minimum absolute atomic E-state index is 0.0533. The number of piperazine rings is 1. The minimum Gasteiger partial charge on any atom is -0.490 e. The monoisotopic (exact) mass is 423 g/mol. The van der Waals surface area contributed by atoms with Crippen LogP contribution in [0.2, 0.25) is 0 Å². The maximum Gasteiger partial charge on any atom is 0.246 e. The number of nitrogens with zero attached hydrogens (tertiary/aromatic N) is 2. The van der Waals surface area contributed by atoms with Gasteiger partial charge in [0, 0.05) is 37.9 Å². The topological polar surface area (TPSA) is 61.9 Å². The quantitative estimate of drug-likeness (QED) is 0.523. The average Bonchev–Trinajstić information content (AvgIpc) is 2.79. The summed E-state index contributed by atoms with van der Waals surface area (Å²) in [4.78, 5) is 28.4. The minimum atomic E-state index is -0.345. The molecule has 3 rings (SSSR count). The van der Waals surface area contributed by atoms with Crippen molar-refractivity contribution < 1.29 is 18.7 Å². The van der Waals surface area contributed by atoms with Gasteiger partial charge >= 0.3 is 0 Å². The molecule has 2 amide bonds. The molecule has 162 valence electrons. The van der Waals surface area contributed by atoms with Gasteiger partial charge in [0.05, 0.1) is 6.54 Å². The zero-order valence-corrected chi connectivity index (χ0v) is 17.3. The number of anilines is 1. The van der Waals surface area contributed by atoms with Crippen molar-refractivity contribution in [2.75, 3.05) is 44.6 Å². The zero-order valence-electron chi connectivity index (χ0n) is 17.3. The lowest BCUT2D eigenvalue weighted by Gasteiger charge is -2.33. The number of carbonyl (C=O) groups excluding carboxylic acids is 2. The summed E-state index contributed by atoms with van der Waals surface area (Å²) in [6.45, 7) is 6.64. The fourth-order valence-electron chi connectivity index (χ4n) is 3.17. The lowest BCUT2D eigenvalue weighted by molar-refractivity contribution is -0.127. The first-order valence-corrected chi connectivity index (χ1v) is 10.1. The predicted octanol–water partition coefficient (Wildman–Crippen LogP) is 3.19. The van der Waals surface area contributed by atoms with Crippen LogP contribution in [0.1, 0.15) is 5.56 Å². The van der Waals surface area contributed by atoms with Crippen LogP contribution in [-0.4, -0.2) is 60.9 Å². The molecule has 6 nitrogen and oxygen atoms in total. The van der Waals surface area contributed by atoms with Gasteiger partial charge in [0.1, 0.15) is 18.2 Å². The van der Waals surface area contributed by atoms with Crippen LogP contribution in [-0.2, 0) is 9.59 Å². The van der Waals surface area contributed by atoms with Gasteiger partial charge in [-0.2, -0.15) is 0 Å². The number of nitrogens with one attached hydrogen (secondary N) is 1. The second kappa shape index (κ2) is 11.1. The molecule has 0 bridgehead atoms. The summed E-state index contributed by atoms with van der Waals surface area (Å²) in [7, 11) is 0. The van der Waals surface area contributed by atoms with Crippen LogP contribution in [0.15, 0.2) is 67.3 Å². The molecular weight excluding hydrogens is 397 g/mol. The van der Waals surface area contributed by atoms with E-state index in [1.54, 1.807) is 23.1 Å². The van der Waals surface area contributed by atoms with Crippen molar-refractivity contribution in [1.29, 1.82) is 0 Å². The Hall–Kier alpha value is -3.45. The Morgan fingerprint density at radius 1 is 1.03 bits per heavy atom. The Morgan fingerprint density at radius 2 is 1.71 bits per heavy atom. The maximum absolute atomic E-state index is 12.9. The molecule has 2 aromatic carbocycles. The molecule has 1 heterocycles. The van der Waals surface area contributed by atoms with Gasteiger partial charge in [-0.15, -0.1) is 0 Å². The molecule has 7 heteroatoms. The third-order valence-electron chi connectivity index (χ3n) is 4.85. The molecule has 0 saturated carbocycles. The third kappa shape index (κ3) is 7.08. The van der Waals surface area contributed by atoms with Crippen molar-refractivity contribution in [2.45, 2.75) is 0 Å². The van der Waals surface area contributed by atoms with Crippen LogP contribution < -0.4 is 10.1 Å². The molecule has 0 aliphatic carbocycles. The number of ether oxygens (including phenoxy) is 1. The molecule has 0 unspecified atom stereocenters. The largest absolute Gasteiger partial charge is 0.490 e. The van der Waals surface area contributed by atoms with E-state index in [-0.39, 0.29) is 24.2 Å². The van der Waals surface area contributed by atoms with E-state index in [1.165, 1.54) is 24.3 Å². The van der Waals surface area contributed by atoms with Crippen LogP contribution in [0.3, 0.4) is 0 Å². The molecule has 1 aliphatic heterocycles. The predicted molar refractivity (Wildman–Crippen MR) is 119 cm³/mol. The van der Waals surface area contributed by atoms with E-state index in [0.29, 0.717) is 38.5 Å². The van der Waals surface area contributed by atoms with E-state index in [2.05, 4.69) is 11.9 Å². The first kappa shape index (κ1) is 22.2. The van der Waals surface area contributed by atoms with Crippen LogP contribution in [0.25, 0.3) is 6.08 Å². The standard InChI is InChI=1S/C24H26FN3O3/c1-2-17-31-22-10-3-19(4-11-22)5-12-24(30)28-15-13-27(14-16-28)18-23(29)26-21-8-6-20(25)7-9-21/h2-12H,1,13-18H2,(H,26,29)/b12-5+. The smallest absolute Gasteiger partial charge is 0.246 e. The van der Waals surface area contributed by atoms with Crippen LogP contribution in [0, 0.1) is 5.82 Å². The van der Waals surface area contributed by atoms with Gasteiger partial charge in [0.15, 0.2) is 0 Å². The fraction of sp³-hybridized carbons (Fsp3) is 0.250. The Morgan fingerprint density at radius 3 is 2.35 bits per heavy atom. The van der Waals surface area contributed by atoms with E-state index < -0.39 is 0 Å². The lowest BCUT2D eigenvalue weighted by Crippen LogP contribution is -2.50. The molecular formula is C24H26FN3O3. The molecule has 1 N–H and O–H groups in total. The summed E-state index contributed by atoms with van der Waals surface area (Å²) in [6, 6.07) is 13.1. The van der Waals surface area contributed by atoms with Gasteiger partial charge in [-0.05, 0) is 48.0 Å². The molecule has 0 aromatic heterocycles. The Balaban J connectivity index is 1.41. The molecule has 31 heavy (non-hydrogen) atoms. The van der Waals surface area contributed by atoms with E-state index in [1.807, 2.05) is 29.2 Å². The van der Waals surface area contributed by atoms with Crippen LogP contribution in [0.4, 0.5) is 10.1 Å². The van der Waals surface area contributed by atoms with Crippen molar-refractivity contribution in [3.63, 3.8) is 0 Å².